The highest BCUT2D eigenvalue weighted by Gasteiger charge is 2.30. The number of aromatic nitrogens is 2. The second-order valence-corrected chi connectivity index (χ2v) is 6.10. The van der Waals surface area contributed by atoms with E-state index in [1.54, 1.807) is 24.3 Å². The maximum Gasteiger partial charge on any atom is 0.416 e. The van der Waals surface area contributed by atoms with Gasteiger partial charge in [0.05, 0.1) is 12.2 Å². The summed E-state index contributed by atoms with van der Waals surface area (Å²) < 4.78 is 48.7. The monoisotopic (exact) mass is 405 g/mol. The molecule has 0 aliphatic carbocycles. The number of nitrogens with zero attached hydrogens (tertiary/aromatic N) is 2. The first-order chi connectivity index (χ1) is 13.8. The molecule has 3 rings (SSSR count). The molecule has 1 heterocycles. The Labute approximate surface area is 164 Å². The van der Waals surface area contributed by atoms with Gasteiger partial charge >= 0.3 is 6.18 Å². The third-order valence-corrected chi connectivity index (χ3v) is 3.93. The van der Waals surface area contributed by atoms with E-state index in [1.165, 1.54) is 12.1 Å². The molecule has 1 N–H and O–H groups in total. The topological polar surface area (TPSA) is 77.2 Å². The highest BCUT2D eigenvalue weighted by atomic mass is 19.4. The number of benzene rings is 2. The molecular formula is C20H18F3N3O3. The van der Waals surface area contributed by atoms with Crippen molar-refractivity contribution in [2.75, 3.05) is 11.9 Å². The molecule has 0 radical (unpaired) electrons. The zero-order chi connectivity index (χ0) is 20.9. The van der Waals surface area contributed by atoms with E-state index in [0.29, 0.717) is 12.4 Å². The third-order valence-electron chi connectivity index (χ3n) is 3.93. The van der Waals surface area contributed by atoms with Crippen molar-refractivity contribution >= 4 is 11.6 Å². The number of halogens is 3. The number of ether oxygens (including phenoxy) is 1. The maximum atomic E-state index is 12.7. The molecule has 9 heteroatoms. The Morgan fingerprint density at radius 3 is 2.62 bits per heavy atom. The summed E-state index contributed by atoms with van der Waals surface area (Å²) >= 11 is 0. The maximum absolute atomic E-state index is 12.7. The van der Waals surface area contributed by atoms with E-state index in [0.717, 1.165) is 23.4 Å². The molecule has 152 valence electrons. The molecule has 0 unspecified atom stereocenters. The van der Waals surface area contributed by atoms with Crippen molar-refractivity contribution in [1.82, 2.24) is 10.1 Å². The molecule has 1 amide bonds. The van der Waals surface area contributed by atoms with Gasteiger partial charge in [0.25, 0.3) is 0 Å². The molecule has 0 bridgehead atoms. The third kappa shape index (κ3) is 5.56. The van der Waals surface area contributed by atoms with Crippen LogP contribution >= 0.6 is 0 Å². The van der Waals surface area contributed by atoms with E-state index in [9.17, 15) is 18.0 Å². The zero-order valence-corrected chi connectivity index (χ0v) is 15.5. The smallest absolute Gasteiger partial charge is 0.416 e. The Morgan fingerprint density at radius 2 is 1.93 bits per heavy atom. The first kappa shape index (κ1) is 20.4. The normalized spacial score (nSPS) is 11.3. The molecule has 1 aromatic heterocycles. The summed E-state index contributed by atoms with van der Waals surface area (Å²) in [5.74, 6) is 0.908. The largest absolute Gasteiger partial charge is 0.494 e. The molecule has 0 aliphatic heterocycles. The van der Waals surface area contributed by atoms with Crippen molar-refractivity contribution in [3.8, 4) is 17.1 Å². The van der Waals surface area contributed by atoms with Crippen LogP contribution in [0.1, 0.15) is 24.8 Å². The average molecular weight is 405 g/mol. The van der Waals surface area contributed by atoms with Gasteiger partial charge in [-0.1, -0.05) is 11.2 Å². The van der Waals surface area contributed by atoms with E-state index in [-0.39, 0.29) is 24.4 Å². The first-order valence-corrected chi connectivity index (χ1v) is 8.88. The molecule has 0 spiro atoms. The van der Waals surface area contributed by atoms with Crippen LogP contribution in [0.4, 0.5) is 18.9 Å². The second kappa shape index (κ2) is 8.76. The van der Waals surface area contributed by atoms with Crippen molar-refractivity contribution < 1.29 is 27.2 Å². The SMILES string of the molecule is CCOc1ccc(-c2noc(CCC(=O)Nc3cccc(C(F)(F)F)c3)n2)cc1. The van der Waals surface area contributed by atoms with E-state index < -0.39 is 17.6 Å². The van der Waals surface area contributed by atoms with Crippen LogP contribution in [-0.4, -0.2) is 22.7 Å². The van der Waals surface area contributed by atoms with Gasteiger partial charge in [0.15, 0.2) is 0 Å². The average Bonchev–Trinajstić information content (AvgIpc) is 3.16. The first-order valence-electron chi connectivity index (χ1n) is 8.88. The van der Waals surface area contributed by atoms with Crippen molar-refractivity contribution in [2.45, 2.75) is 25.9 Å². The van der Waals surface area contributed by atoms with Crippen molar-refractivity contribution in [3.63, 3.8) is 0 Å². The van der Waals surface area contributed by atoms with Gasteiger partial charge in [-0.2, -0.15) is 18.2 Å². The molecule has 6 nitrogen and oxygen atoms in total. The highest BCUT2D eigenvalue weighted by molar-refractivity contribution is 5.90. The highest BCUT2D eigenvalue weighted by Crippen LogP contribution is 2.30. The molecule has 0 atom stereocenters. The van der Waals surface area contributed by atoms with Gasteiger partial charge < -0.3 is 14.6 Å². The van der Waals surface area contributed by atoms with E-state index in [2.05, 4.69) is 15.5 Å². The van der Waals surface area contributed by atoms with Crippen LogP contribution in [0.25, 0.3) is 11.4 Å². The van der Waals surface area contributed by atoms with Gasteiger partial charge in [-0.3, -0.25) is 4.79 Å². The van der Waals surface area contributed by atoms with Gasteiger partial charge in [-0.05, 0) is 49.4 Å². The number of amides is 1. The van der Waals surface area contributed by atoms with Gasteiger partial charge in [0.2, 0.25) is 17.6 Å². The predicted octanol–water partition coefficient (Wildman–Crippen LogP) is 4.73. The van der Waals surface area contributed by atoms with Crippen LogP contribution in [0.2, 0.25) is 0 Å². The Balaban J connectivity index is 1.56. The van der Waals surface area contributed by atoms with Crippen molar-refractivity contribution in [1.29, 1.82) is 0 Å². The number of aryl methyl sites for hydroxylation is 1. The molecule has 2 aromatic carbocycles. The number of rotatable bonds is 7. The summed E-state index contributed by atoms with van der Waals surface area (Å²) in [7, 11) is 0. The van der Waals surface area contributed by atoms with Crippen LogP contribution < -0.4 is 10.1 Å². The minimum Gasteiger partial charge on any atom is -0.494 e. The second-order valence-electron chi connectivity index (χ2n) is 6.10. The fraction of sp³-hybridized carbons (Fsp3) is 0.250. The van der Waals surface area contributed by atoms with E-state index in [1.807, 2.05) is 6.92 Å². The number of hydrogen-bond acceptors (Lipinski definition) is 5. The minimum atomic E-state index is -4.47. The van der Waals surface area contributed by atoms with Crippen LogP contribution in [0.5, 0.6) is 5.75 Å². The fourth-order valence-electron chi connectivity index (χ4n) is 2.56. The lowest BCUT2D eigenvalue weighted by Gasteiger charge is -2.09. The molecular weight excluding hydrogens is 387 g/mol. The molecule has 0 saturated heterocycles. The van der Waals surface area contributed by atoms with E-state index in [4.69, 9.17) is 9.26 Å². The fourth-order valence-corrected chi connectivity index (χ4v) is 2.56. The number of nitrogens with one attached hydrogen (secondary N) is 1. The van der Waals surface area contributed by atoms with Crippen molar-refractivity contribution in [3.05, 3.63) is 60.0 Å². The molecule has 0 saturated carbocycles. The summed E-state index contributed by atoms with van der Waals surface area (Å²) in [4.78, 5) is 16.3. The Bertz CT molecular complexity index is 969. The Morgan fingerprint density at radius 1 is 1.17 bits per heavy atom. The molecule has 0 fully saturated rings. The summed E-state index contributed by atoms with van der Waals surface area (Å²) in [6, 6.07) is 11.6. The summed E-state index contributed by atoms with van der Waals surface area (Å²) in [5, 5.41) is 6.32. The van der Waals surface area contributed by atoms with Gasteiger partial charge in [-0.25, -0.2) is 0 Å². The van der Waals surface area contributed by atoms with E-state index >= 15 is 0 Å². The molecule has 29 heavy (non-hydrogen) atoms. The molecule has 3 aromatic rings. The number of carbonyl (C=O) groups excluding carboxylic acids is 1. The lowest BCUT2D eigenvalue weighted by molar-refractivity contribution is -0.137. The number of anilines is 1. The van der Waals surface area contributed by atoms with Gasteiger partial charge in [0, 0.05) is 24.1 Å². The summed E-state index contributed by atoms with van der Waals surface area (Å²) in [5.41, 5.74) is -0.0190. The number of alkyl halides is 3. The Kier molecular flexibility index (Phi) is 6.16. The predicted molar refractivity (Wildman–Crippen MR) is 99.3 cm³/mol. The summed E-state index contributed by atoms with van der Waals surface area (Å²) in [6.07, 6.45) is -4.32. The van der Waals surface area contributed by atoms with Crippen LogP contribution in [0, 0.1) is 0 Å². The number of carbonyl (C=O) groups is 1. The quantitative estimate of drug-likeness (QED) is 0.615. The standard InChI is InChI=1S/C20H18F3N3O3/c1-2-28-16-8-6-13(7-9-16)19-25-18(29-26-19)11-10-17(27)24-15-5-3-4-14(12-15)20(21,22)23/h3-9,12H,2,10-11H2,1H3,(H,24,27). The van der Waals surface area contributed by atoms with Crippen LogP contribution in [0.3, 0.4) is 0 Å². The molecule has 0 aliphatic rings. The van der Waals surface area contributed by atoms with Crippen LogP contribution in [0.15, 0.2) is 53.1 Å². The van der Waals surface area contributed by atoms with Gasteiger partial charge in [-0.15, -0.1) is 0 Å². The van der Waals surface area contributed by atoms with Crippen molar-refractivity contribution in [2.24, 2.45) is 0 Å². The van der Waals surface area contributed by atoms with Gasteiger partial charge in [0.1, 0.15) is 5.75 Å². The minimum absolute atomic E-state index is 0.0127. The lowest BCUT2D eigenvalue weighted by Crippen LogP contribution is -2.13. The zero-order valence-electron chi connectivity index (χ0n) is 15.5. The van der Waals surface area contributed by atoms with Crippen LogP contribution in [-0.2, 0) is 17.4 Å². The summed E-state index contributed by atoms with van der Waals surface area (Å²) in [6.45, 7) is 2.46. The number of hydrogen-bond donors (Lipinski definition) is 1. The lowest BCUT2D eigenvalue weighted by atomic mass is 10.2. The Hall–Kier alpha value is -3.36.